The van der Waals surface area contributed by atoms with Gasteiger partial charge in [-0.15, -0.1) is 0 Å². The van der Waals surface area contributed by atoms with Gasteiger partial charge in [0.1, 0.15) is 5.82 Å². The number of amides is 1. The molecule has 0 saturated heterocycles. The van der Waals surface area contributed by atoms with E-state index in [9.17, 15) is 13.6 Å². The van der Waals surface area contributed by atoms with Gasteiger partial charge < -0.3 is 10.1 Å². The van der Waals surface area contributed by atoms with E-state index in [0.717, 1.165) is 23.4 Å². The SMILES string of the molecule is Cc1nn(Cc2cccc(Cl)c2)c(C)c1NC(=O)c1ccn(COc2ccc(F)cc2F)n1. The quantitative estimate of drug-likeness (QED) is 0.413. The predicted octanol–water partition coefficient (Wildman–Crippen LogP) is 4.97. The first kappa shape index (κ1) is 22.5. The maximum Gasteiger partial charge on any atom is 0.276 e. The summed E-state index contributed by atoms with van der Waals surface area (Å²) in [5.74, 6) is -2.05. The number of aryl methyl sites for hydroxylation is 1. The molecule has 4 rings (SSSR count). The molecule has 10 heteroatoms. The average Bonchev–Trinajstić information content (AvgIpc) is 3.34. The summed E-state index contributed by atoms with van der Waals surface area (Å²) in [7, 11) is 0. The lowest BCUT2D eigenvalue weighted by Gasteiger charge is -2.08. The number of halogens is 3. The second-order valence-electron chi connectivity index (χ2n) is 7.38. The summed E-state index contributed by atoms with van der Waals surface area (Å²) in [5.41, 5.74) is 3.19. The molecular formula is C23H20ClF2N5O2. The molecule has 170 valence electrons. The van der Waals surface area contributed by atoms with Gasteiger partial charge >= 0.3 is 0 Å². The second-order valence-corrected chi connectivity index (χ2v) is 7.81. The van der Waals surface area contributed by atoms with Crippen molar-refractivity contribution in [2.75, 3.05) is 5.32 Å². The number of anilines is 1. The summed E-state index contributed by atoms with van der Waals surface area (Å²) in [5, 5.41) is 12.2. The summed E-state index contributed by atoms with van der Waals surface area (Å²) in [6, 6.07) is 12.0. The predicted molar refractivity (Wildman–Crippen MR) is 119 cm³/mol. The van der Waals surface area contributed by atoms with E-state index in [0.29, 0.717) is 22.9 Å². The number of hydrogen-bond donors (Lipinski definition) is 1. The smallest absolute Gasteiger partial charge is 0.276 e. The van der Waals surface area contributed by atoms with Crippen LogP contribution in [-0.2, 0) is 13.3 Å². The highest BCUT2D eigenvalue weighted by molar-refractivity contribution is 6.30. The Hall–Kier alpha value is -3.72. The molecule has 0 spiro atoms. The van der Waals surface area contributed by atoms with Crippen LogP contribution >= 0.6 is 11.6 Å². The number of ether oxygens (including phenoxy) is 1. The van der Waals surface area contributed by atoms with Crippen LogP contribution in [0.15, 0.2) is 54.7 Å². The molecule has 0 bridgehead atoms. The van der Waals surface area contributed by atoms with Crippen molar-refractivity contribution < 1.29 is 18.3 Å². The normalized spacial score (nSPS) is 10.9. The zero-order valence-corrected chi connectivity index (χ0v) is 18.6. The van der Waals surface area contributed by atoms with Gasteiger partial charge in [-0.3, -0.25) is 9.48 Å². The molecule has 0 fully saturated rings. The first-order valence-electron chi connectivity index (χ1n) is 10.0. The number of nitrogens with zero attached hydrogens (tertiary/aromatic N) is 4. The third-order valence-electron chi connectivity index (χ3n) is 4.96. The highest BCUT2D eigenvalue weighted by Gasteiger charge is 2.17. The largest absolute Gasteiger partial charge is 0.468 e. The molecule has 0 aliphatic rings. The summed E-state index contributed by atoms with van der Waals surface area (Å²) < 4.78 is 35.1. The monoisotopic (exact) mass is 471 g/mol. The maximum absolute atomic E-state index is 13.7. The average molecular weight is 472 g/mol. The number of aromatic nitrogens is 4. The van der Waals surface area contributed by atoms with E-state index in [1.54, 1.807) is 17.7 Å². The molecule has 1 N–H and O–H groups in total. The van der Waals surface area contributed by atoms with Crippen molar-refractivity contribution in [3.05, 3.63) is 94.0 Å². The van der Waals surface area contributed by atoms with Gasteiger partial charge in [0.05, 0.1) is 23.6 Å². The third kappa shape index (κ3) is 5.20. The van der Waals surface area contributed by atoms with Gasteiger partial charge in [-0.2, -0.15) is 10.2 Å². The van der Waals surface area contributed by atoms with Gasteiger partial charge in [0, 0.05) is 17.3 Å². The molecule has 0 saturated carbocycles. The second kappa shape index (κ2) is 9.41. The van der Waals surface area contributed by atoms with Gasteiger partial charge in [0.2, 0.25) is 0 Å². The Bertz CT molecular complexity index is 1320. The number of rotatable bonds is 7. The van der Waals surface area contributed by atoms with E-state index in [2.05, 4.69) is 15.5 Å². The van der Waals surface area contributed by atoms with Crippen molar-refractivity contribution in [2.24, 2.45) is 0 Å². The van der Waals surface area contributed by atoms with Crippen LogP contribution < -0.4 is 10.1 Å². The topological polar surface area (TPSA) is 74.0 Å². The number of hydrogen-bond acceptors (Lipinski definition) is 4. The Morgan fingerprint density at radius 3 is 2.70 bits per heavy atom. The minimum Gasteiger partial charge on any atom is -0.468 e. The van der Waals surface area contributed by atoms with Gasteiger partial charge in [-0.25, -0.2) is 13.5 Å². The zero-order valence-electron chi connectivity index (χ0n) is 17.8. The van der Waals surface area contributed by atoms with Crippen LogP contribution in [0.4, 0.5) is 14.5 Å². The number of carbonyl (C=O) groups is 1. The van der Waals surface area contributed by atoms with Crippen LogP contribution in [0.5, 0.6) is 5.75 Å². The van der Waals surface area contributed by atoms with Crippen LogP contribution in [0.2, 0.25) is 5.02 Å². The van der Waals surface area contributed by atoms with Gasteiger partial charge in [-0.1, -0.05) is 23.7 Å². The van der Waals surface area contributed by atoms with Crippen molar-refractivity contribution in [3.8, 4) is 5.75 Å². The van der Waals surface area contributed by atoms with Crippen LogP contribution in [0.1, 0.15) is 27.4 Å². The van der Waals surface area contributed by atoms with E-state index >= 15 is 0 Å². The van der Waals surface area contributed by atoms with Crippen molar-refractivity contribution in [1.82, 2.24) is 19.6 Å². The molecular weight excluding hydrogens is 452 g/mol. The molecule has 2 aromatic carbocycles. The lowest BCUT2D eigenvalue weighted by Crippen LogP contribution is -2.15. The minimum absolute atomic E-state index is 0.115. The molecule has 7 nitrogen and oxygen atoms in total. The van der Waals surface area contributed by atoms with Crippen LogP contribution in [-0.4, -0.2) is 25.5 Å². The Morgan fingerprint density at radius 1 is 1.12 bits per heavy atom. The number of benzene rings is 2. The van der Waals surface area contributed by atoms with E-state index in [-0.39, 0.29) is 18.2 Å². The van der Waals surface area contributed by atoms with Crippen molar-refractivity contribution in [3.63, 3.8) is 0 Å². The fourth-order valence-electron chi connectivity index (χ4n) is 3.30. The van der Waals surface area contributed by atoms with Gasteiger partial charge in [-0.05, 0) is 49.7 Å². The van der Waals surface area contributed by atoms with Crippen molar-refractivity contribution in [2.45, 2.75) is 27.1 Å². The minimum atomic E-state index is -0.819. The first-order chi connectivity index (χ1) is 15.8. The number of carbonyl (C=O) groups excluding carboxylic acids is 1. The van der Waals surface area contributed by atoms with E-state index < -0.39 is 17.5 Å². The lowest BCUT2D eigenvalue weighted by molar-refractivity contribution is 0.102. The highest BCUT2D eigenvalue weighted by atomic mass is 35.5. The molecule has 2 aromatic heterocycles. The molecule has 0 unspecified atom stereocenters. The summed E-state index contributed by atoms with van der Waals surface area (Å²) >= 11 is 6.06. The van der Waals surface area contributed by atoms with E-state index in [4.69, 9.17) is 16.3 Å². The molecule has 4 aromatic rings. The molecule has 2 heterocycles. The maximum atomic E-state index is 13.7. The fourth-order valence-corrected chi connectivity index (χ4v) is 3.51. The van der Waals surface area contributed by atoms with E-state index in [1.807, 2.05) is 25.1 Å². The van der Waals surface area contributed by atoms with Crippen molar-refractivity contribution >= 4 is 23.2 Å². The number of nitrogens with one attached hydrogen (secondary N) is 1. The third-order valence-corrected chi connectivity index (χ3v) is 5.20. The van der Waals surface area contributed by atoms with E-state index in [1.165, 1.54) is 23.0 Å². The van der Waals surface area contributed by atoms with Gasteiger partial charge in [0.15, 0.2) is 24.0 Å². The van der Waals surface area contributed by atoms with Crippen LogP contribution in [0.3, 0.4) is 0 Å². The standard InChI is InChI=1S/C23H20ClF2N5O2/c1-14-22(15(2)31(28-14)12-16-4-3-5-17(24)10-16)27-23(32)20-8-9-30(29-20)13-33-21-7-6-18(25)11-19(21)26/h3-11H,12-13H2,1-2H3,(H,27,32). The molecule has 0 radical (unpaired) electrons. The molecule has 33 heavy (non-hydrogen) atoms. The zero-order chi connectivity index (χ0) is 23.5. The molecule has 0 aliphatic heterocycles. The van der Waals surface area contributed by atoms with Crippen LogP contribution in [0, 0.1) is 25.5 Å². The Labute approximate surface area is 193 Å². The Kier molecular flexibility index (Phi) is 6.41. The molecule has 1 amide bonds. The van der Waals surface area contributed by atoms with Gasteiger partial charge in [0.25, 0.3) is 5.91 Å². The summed E-state index contributed by atoms with van der Waals surface area (Å²) in [4.78, 5) is 12.7. The first-order valence-corrected chi connectivity index (χ1v) is 10.4. The Morgan fingerprint density at radius 2 is 1.94 bits per heavy atom. The highest BCUT2D eigenvalue weighted by Crippen LogP contribution is 2.22. The lowest BCUT2D eigenvalue weighted by atomic mass is 10.2. The summed E-state index contributed by atoms with van der Waals surface area (Å²) in [6.45, 7) is 4.03. The molecule has 0 aliphatic carbocycles. The van der Waals surface area contributed by atoms with Crippen LogP contribution in [0.25, 0.3) is 0 Å². The van der Waals surface area contributed by atoms with Crippen molar-refractivity contribution in [1.29, 1.82) is 0 Å². The fraction of sp³-hybridized carbons (Fsp3) is 0.174. The molecule has 0 atom stereocenters. The Balaban J connectivity index is 1.42. The summed E-state index contributed by atoms with van der Waals surface area (Å²) in [6.07, 6.45) is 1.53.